The minimum atomic E-state index is -0.409. The average molecular weight is 369 g/mol. The van der Waals surface area contributed by atoms with Gasteiger partial charge in [-0.25, -0.2) is 8.78 Å². The zero-order valence-corrected chi connectivity index (χ0v) is 15.1. The number of carbonyl (C=O) groups is 1. The maximum Gasteiger partial charge on any atom is 0.257 e. The first kappa shape index (κ1) is 17.5. The van der Waals surface area contributed by atoms with Crippen molar-refractivity contribution in [3.63, 3.8) is 0 Å². The van der Waals surface area contributed by atoms with E-state index in [4.69, 9.17) is 0 Å². The molecule has 0 radical (unpaired) electrons. The molecule has 2 heterocycles. The van der Waals surface area contributed by atoms with E-state index in [0.29, 0.717) is 34.1 Å². The first-order chi connectivity index (χ1) is 13.0. The Kier molecular flexibility index (Phi) is 4.56. The summed E-state index contributed by atoms with van der Waals surface area (Å²) in [5, 5.41) is 5.60. The lowest BCUT2D eigenvalue weighted by Crippen LogP contribution is -2.34. The number of nitrogens with one attached hydrogen (secondary N) is 2. The van der Waals surface area contributed by atoms with Crippen LogP contribution in [0.2, 0.25) is 0 Å². The molecule has 1 fully saturated rings. The number of carbonyl (C=O) groups excluding carboxylic acids is 1. The summed E-state index contributed by atoms with van der Waals surface area (Å²) in [5.74, 6) is -0.451. The topological polar surface area (TPSA) is 44.4 Å². The van der Waals surface area contributed by atoms with Gasteiger partial charge < -0.3 is 15.5 Å². The van der Waals surface area contributed by atoms with E-state index < -0.39 is 5.82 Å². The van der Waals surface area contributed by atoms with Gasteiger partial charge in [-0.1, -0.05) is 6.92 Å². The molecule has 0 saturated carbocycles. The predicted octanol–water partition coefficient (Wildman–Crippen LogP) is 4.61. The maximum absolute atomic E-state index is 14.6. The largest absolute Gasteiger partial charge is 0.369 e. The fourth-order valence-electron chi connectivity index (χ4n) is 3.73. The van der Waals surface area contributed by atoms with Crippen molar-refractivity contribution >= 4 is 28.5 Å². The Labute approximate surface area is 156 Å². The summed E-state index contributed by atoms with van der Waals surface area (Å²) < 4.78 is 27.9. The monoisotopic (exact) mass is 369 g/mol. The van der Waals surface area contributed by atoms with Gasteiger partial charge in [0.05, 0.1) is 16.9 Å². The molecule has 2 aromatic carbocycles. The molecule has 1 saturated heterocycles. The van der Waals surface area contributed by atoms with Crippen LogP contribution in [0.25, 0.3) is 5.57 Å². The van der Waals surface area contributed by atoms with Crippen molar-refractivity contribution in [2.75, 3.05) is 28.6 Å². The summed E-state index contributed by atoms with van der Waals surface area (Å²) in [4.78, 5) is 14.2. The Hall–Kier alpha value is -2.89. The van der Waals surface area contributed by atoms with Crippen LogP contribution >= 0.6 is 0 Å². The van der Waals surface area contributed by atoms with E-state index in [1.54, 1.807) is 18.2 Å². The van der Waals surface area contributed by atoms with Crippen molar-refractivity contribution in [1.29, 1.82) is 0 Å². The Bertz CT molecular complexity index is 926. The quantitative estimate of drug-likeness (QED) is 0.777. The van der Waals surface area contributed by atoms with Gasteiger partial charge in [0.2, 0.25) is 0 Å². The van der Waals surface area contributed by atoms with Crippen LogP contribution in [0.15, 0.2) is 42.6 Å². The average Bonchev–Trinajstić information content (AvgIpc) is 2.94. The van der Waals surface area contributed by atoms with Gasteiger partial charge in [-0.05, 0) is 55.2 Å². The third-order valence-electron chi connectivity index (χ3n) is 5.09. The maximum atomic E-state index is 14.6. The number of hydrogen-bond acceptors (Lipinski definition) is 3. The summed E-state index contributed by atoms with van der Waals surface area (Å²) >= 11 is 0. The van der Waals surface area contributed by atoms with Crippen LogP contribution in [0.5, 0.6) is 0 Å². The van der Waals surface area contributed by atoms with Crippen molar-refractivity contribution in [1.82, 2.24) is 0 Å². The second kappa shape index (κ2) is 7.02. The van der Waals surface area contributed by atoms with E-state index >= 15 is 0 Å². The molecule has 0 aromatic heterocycles. The number of halogens is 2. The van der Waals surface area contributed by atoms with Crippen molar-refractivity contribution in [2.24, 2.45) is 5.92 Å². The highest BCUT2D eigenvalue weighted by Gasteiger charge is 2.24. The minimum absolute atomic E-state index is 0.286. The van der Waals surface area contributed by atoms with Gasteiger partial charge in [-0.2, -0.15) is 0 Å². The predicted molar refractivity (Wildman–Crippen MR) is 104 cm³/mol. The molecule has 2 aliphatic heterocycles. The molecular formula is C21H21F2N3O. The van der Waals surface area contributed by atoms with Gasteiger partial charge in [-0.15, -0.1) is 0 Å². The lowest BCUT2D eigenvalue weighted by atomic mass is 9.99. The number of rotatable bonds is 3. The summed E-state index contributed by atoms with van der Waals surface area (Å²) in [6.45, 7) is 3.91. The molecule has 2 aliphatic rings. The highest BCUT2D eigenvalue weighted by atomic mass is 19.1. The van der Waals surface area contributed by atoms with Crippen LogP contribution in [0.1, 0.15) is 25.3 Å². The number of hydrogen-bond donors (Lipinski definition) is 2. The van der Waals surface area contributed by atoms with E-state index in [0.717, 1.165) is 19.5 Å². The molecule has 6 heteroatoms. The summed E-state index contributed by atoms with van der Waals surface area (Å²) in [7, 11) is 0. The van der Waals surface area contributed by atoms with Crippen LogP contribution < -0.4 is 15.5 Å². The molecule has 27 heavy (non-hydrogen) atoms. The fraction of sp³-hybridized carbons (Fsp3) is 0.286. The summed E-state index contributed by atoms with van der Waals surface area (Å²) in [5.41, 5.74) is 2.61. The smallest absolute Gasteiger partial charge is 0.257 e. The molecule has 4 nitrogen and oxygen atoms in total. The molecule has 1 amide bonds. The molecule has 0 spiro atoms. The number of nitrogens with zero attached hydrogens (tertiary/aromatic N) is 1. The molecule has 2 aromatic rings. The molecule has 2 N–H and O–H groups in total. The first-order valence-corrected chi connectivity index (χ1v) is 9.14. The Morgan fingerprint density at radius 1 is 1.22 bits per heavy atom. The second-order valence-corrected chi connectivity index (χ2v) is 7.21. The van der Waals surface area contributed by atoms with Crippen molar-refractivity contribution < 1.29 is 13.6 Å². The number of amides is 1. The van der Waals surface area contributed by atoms with E-state index in [9.17, 15) is 13.6 Å². The zero-order valence-electron chi connectivity index (χ0n) is 15.1. The standard InChI is InChI=1S/C21H21F2N3O/c1-13-3-2-8-26(12-13)20-7-5-15(10-18(20)23)24-11-17-16-6-4-14(22)9-19(16)25-21(17)27/h4-7,9-11,13,24H,2-3,8,12H2,1H3,(H,25,27)/b17-11+. The van der Waals surface area contributed by atoms with Gasteiger partial charge in [0.25, 0.3) is 5.91 Å². The molecule has 0 aliphatic carbocycles. The second-order valence-electron chi connectivity index (χ2n) is 7.21. The lowest BCUT2D eigenvalue weighted by Gasteiger charge is -2.33. The normalized spacial score (nSPS) is 20.6. The number of piperidine rings is 1. The van der Waals surface area contributed by atoms with Crippen LogP contribution in [0, 0.1) is 17.6 Å². The summed E-state index contributed by atoms with van der Waals surface area (Å²) in [6.07, 6.45) is 3.77. The SMILES string of the molecule is CC1CCCN(c2ccc(N/C=C3/C(=O)Nc4cc(F)ccc43)cc2F)C1. The molecule has 1 atom stereocenters. The van der Waals surface area contributed by atoms with Crippen molar-refractivity contribution in [2.45, 2.75) is 19.8 Å². The third kappa shape index (κ3) is 3.52. The third-order valence-corrected chi connectivity index (χ3v) is 5.09. The van der Waals surface area contributed by atoms with Crippen LogP contribution in [-0.2, 0) is 4.79 Å². The fourth-order valence-corrected chi connectivity index (χ4v) is 3.73. The van der Waals surface area contributed by atoms with Gasteiger partial charge >= 0.3 is 0 Å². The van der Waals surface area contributed by atoms with Crippen LogP contribution in [-0.4, -0.2) is 19.0 Å². The molecular weight excluding hydrogens is 348 g/mol. The van der Waals surface area contributed by atoms with E-state index in [2.05, 4.69) is 22.5 Å². The highest BCUT2D eigenvalue weighted by molar-refractivity contribution is 6.31. The Balaban J connectivity index is 1.53. The van der Waals surface area contributed by atoms with Gasteiger partial charge in [0.1, 0.15) is 11.6 Å². The van der Waals surface area contributed by atoms with Crippen molar-refractivity contribution in [3.8, 4) is 0 Å². The lowest BCUT2D eigenvalue weighted by molar-refractivity contribution is -0.110. The molecule has 140 valence electrons. The van der Waals surface area contributed by atoms with Crippen LogP contribution in [0.3, 0.4) is 0 Å². The Morgan fingerprint density at radius 3 is 2.85 bits per heavy atom. The number of anilines is 3. The van der Waals surface area contributed by atoms with E-state index in [1.165, 1.54) is 30.8 Å². The van der Waals surface area contributed by atoms with E-state index in [1.807, 2.05) is 0 Å². The molecule has 1 unspecified atom stereocenters. The molecule has 0 bridgehead atoms. The van der Waals surface area contributed by atoms with Gasteiger partial charge in [0.15, 0.2) is 0 Å². The molecule has 4 rings (SSSR count). The van der Waals surface area contributed by atoms with Crippen molar-refractivity contribution in [3.05, 3.63) is 59.8 Å². The first-order valence-electron chi connectivity index (χ1n) is 9.14. The van der Waals surface area contributed by atoms with Gasteiger partial charge in [0, 0.05) is 30.5 Å². The van der Waals surface area contributed by atoms with Gasteiger partial charge in [-0.3, -0.25) is 4.79 Å². The van der Waals surface area contributed by atoms with Crippen LogP contribution in [0.4, 0.5) is 25.8 Å². The highest BCUT2D eigenvalue weighted by Crippen LogP contribution is 2.32. The number of fused-ring (bicyclic) bond motifs is 1. The zero-order chi connectivity index (χ0) is 19.0. The van der Waals surface area contributed by atoms with E-state index in [-0.39, 0.29) is 11.7 Å². The Morgan fingerprint density at radius 2 is 2.07 bits per heavy atom. The number of benzene rings is 2. The summed E-state index contributed by atoms with van der Waals surface area (Å²) in [6, 6.07) is 9.14. The minimum Gasteiger partial charge on any atom is -0.369 e.